The van der Waals surface area contributed by atoms with Crippen LogP contribution in [-0.2, 0) is 22.4 Å². The smallest absolute Gasteiger partial charge is 0.246 e. The van der Waals surface area contributed by atoms with Gasteiger partial charge in [0.05, 0.1) is 12.6 Å². The van der Waals surface area contributed by atoms with Gasteiger partial charge in [0.2, 0.25) is 11.8 Å². The third kappa shape index (κ3) is 2.61. The van der Waals surface area contributed by atoms with Crippen molar-refractivity contribution < 1.29 is 9.59 Å². The number of carbonyl (C=O) groups is 2. The molecule has 3 heterocycles. The third-order valence-electron chi connectivity index (χ3n) is 6.14. The first-order valence-corrected chi connectivity index (χ1v) is 9.87. The average Bonchev–Trinajstić information content (AvgIpc) is 3.09. The molecule has 2 aliphatic rings. The Morgan fingerprint density at radius 2 is 1.79 bits per heavy atom. The van der Waals surface area contributed by atoms with E-state index in [1.165, 1.54) is 11.1 Å². The van der Waals surface area contributed by atoms with Crippen molar-refractivity contribution in [3.63, 3.8) is 0 Å². The number of aromatic nitrogens is 1. The molecule has 5 nitrogen and oxygen atoms in total. The molecule has 0 radical (unpaired) electrons. The van der Waals surface area contributed by atoms with Gasteiger partial charge in [-0.2, -0.15) is 0 Å². The summed E-state index contributed by atoms with van der Waals surface area (Å²) in [7, 11) is 0. The second-order valence-electron chi connectivity index (χ2n) is 7.76. The van der Waals surface area contributed by atoms with E-state index < -0.39 is 6.04 Å². The van der Waals surface area contributed by atoms with Gasteiger partial charge >= 0.3 is 0 Å². The van der Waals surface area contributed by atoms with Crippen LogP contribution in [-0.4, -0.2) is 45.7 Å². The summed E-state index contributed by atoms with van der Waals surface area (Å²) >= 11 is 0. The van der Waals surface area contributed by atoms with Crippen LogP contribution in [0.15, 0.2) is 54.6 Å². The number of nitrogens with zero attached hydrogens (tertiary/aromatic N) is 2. The van der Waals surface area contributed by atoms with Crippen molar-refractivity contribution in [2.45, 2.75) is 31.8 Å². The van der Waals surface area contributed by atoms with E-state index in [-0.39, 0.29) is 24.4 Å². The molecule has 1 aromatic heterocycles. The summed E-state index contributed by atoms with van der Waals surface area (Å²) in [6.07, 6.45) is 1.34. The number of piperazine rings is 1. The number of nitrogens with one attached hydrogen (secondary N) is 1. The summed E-state index contributed by atoms with van der Waals surface area (Å²) in [5.74, 6) is 0.104. The van der Waals surface area contributed by atoms with E-state index in [0.717, 1.165) is 23.0 Å². The number of amides is 2. The molecule has 2 atom stereocenters. The highest BCUT2D eigenvalue weighted by Gasteiger charge is 2.45. The topological polar surface area (TPSA) is 56.4 Å². The first kappa shape index (κ1) is 17.0. The fourth-order valence-electron chi connectivity index (χ4n) is 4.73. The maximum absolute atomic E-state index is 13.3. The molecule has 28 heavy (non-hydrogen) atoms. The fraction of sp³-hybridized carbons (Fsp3) is 0.304. The van der Waals surface area contributed by atoms with Gasteiger partial charge in [-0.1, -0.05) is 48.5 Å². The second kappa shape index (κ2) is 6.51. The van der Waals surface area contributed by atoms with E-state index in [1.807, 2.05) is 37.3 Å². The molecule has 2 aliphatic heterocycles. The highest BCUT2D eigenvalue weighted by Crippen LogP contribution is 2.38. The number of para-hydroxylation sites is 1. The first-order chi connectivity index (χ1) is 13.6. The number of benzene rings is 2. The highest BCUT2D eigenvalue weighted by molar-refractivity contribution is 5.97. The standard InChI is InChI=1S/C23H23N3O2/c1-15-22-18(17-9-5-6-10-19(17)24-22)13-20-23(28)25(14-21(27)26(15)20)12-11-16-7-3-2-4-8-16/h2-10,15,20,24H,11-14H2,1H3/t15?,20-/m1/s1. The molecule has 0 saturated carbocycles. The maximum atomic E-state index is 13.3. The van der Waals surface area contributed by atoms with Crippen LogP contribution in [0.25, 0.3) is 10.9 Å². The molecule has 5 heteroatoms. The van der Waals surface area contributed by atoms with E-state index in [9.17, 15) is 9.59 Å². The Morgan fingerprint density at radius 1 is 1.04 bits per heavy atom. The van der Waals surface area contributed by atoms with Crippen molar-refractivity contribution in [3.8, 4) is 0 Å². The number of H-pyrrole nitrogens is 1. The number of hydrogen-bond acceptors (Lipinski definition) is 2. The first-order valence-electron chi connectivity index (χ1n) is 9.87. The van der Waals surface area contributed by atoms with Crippen LogP contribution < -0.4 is 0 Å². The molecule has 5 rings (SSSR count). The Kier molecular flexibility index (Phi) is 3.97. The molecular weight excluding hydrogens is 350 g/mol. The second-order valence-corrected chi connectivity index (χ2v) is 7.76. The summed E-state index contributed by atoms with van der Waals surface area (Å²) in [6, 6.07) is 17.8. The van der Waals surface area contributed by atoms with E-state index >= 15 is 0 Å². The molecule has 0 aliphatic carbocycles. The van der Waals surface area contributed by atoms with Crippen LogP contribution in [0.2, 0.25) is 0 Å². The van der Waals surface area contributed by atoms with Crippen LogP contribution in [0.3, 0.4) is 0 Å². The van der Waals surface area contributed by atoms with Crippen molar-refractivity contribution in [1.29, 1.82) is 0 Å². The quantitative estimate of drug-likeness (QED) is 0.767. The van der Waals surface area contributed by atoms with Crippen LogP contribution in [0.5, 0.6) is 0 Å². The van der Waals surface area contributed by atoms with Gasteiger partial charge in [-0.25, -0.2) is 0 Å². The molecule has 2 amide bonds. The SMILES string of the molecule is CC1c2[nH]c3ccccc3c2C[C@@H]2C(=O)N(CCc3ccccc3)CC(=O)N12. The number of fused-ring (bicyclic) bond motifs is 4. The summed E-state index contributed by atoms with van der Waals surface area (Å²) in [6.45, 7) is 2.77. The van der Waals surface area contributed by atoms with Gasteiger partial charge in [-0.15, -0.1) is 0 Å². The van der Waals surface area contributed by atoms with Gasteiger partial charge in [-0.3, -0.25) is 9.59 Å². The van der Waals surface area contributed by atoms with Gasteiger partial charge in [0, 0.05) is 29.6 Å². The minimum Gasteiger partial charge on any atom is -0.356 e. The van der Waals surface area contributed by atoms with E-state index in [1.54, 1.807) is 9.80 Å². The number of carbonyl (C=O) groups excluding carboxylic acids is 2. The normalized spacial score (nSPS) is 21.8. The summed E-state index contributed by atoms with van der Waals surface area (Å²) < 4.78 is 0. The molecule has 0 spiro atoms. The van der Waals surface area contributed by atoms with Gasteiger partial charge in [0.1, 0.15) is 6.04 Å². The van der Waals surface area contributed by atoms with Crippen molar-refractivity contribution in [1.82, 2.24) is 14.8 Å². The van der Waals surface area contributed by atoms with Crippen LogP contribution in [0, 0.1) is 0 Å². The monoisotopic (exact) mass is 373 g/mol. The van der Waals surface area contributed by atoms with Crippen molar-refractivity contribution in [3.05, 3.63) is 71.4 Å². The molecule has 0 bridgehead atoms. The van der Waals surface area contributed by atoms with Gasteiger partial charge < -0.3 is 14.8 Å². The lowest BCUT2D eigenvalue weighted by atomic mass is 9.90. The molecule has 3 aromatic rings. The molecule has 1 fully saturated rings. The number of rotatable bonds is 3. The zero-order chi connectivity index (χ0) is 19.3. The number of aromatic amines is 1. The van der Waals surface area contributed by atoms with Crippen LogP contribution >= 0.6 is 0 Å². The van der Waals surface area contributed by atoms with Crippen molar-refractivity contribution in [2.75, 3.05) is 13.1 Å². The zero-order valence-electron chi connectivity index (χ0n) is 15.9. The van der Waals surface area contributed by atoms with Crippen molar-refractivity contribution >= 4 is 22.7 Å². The predicted molar refractivity (Wildman–Crippen MR) is 108 cm³/mol. The highest BCUT2D eigenvalue weighted by atomic mass is 16.2. The zero-order valence-corrected chi connectivity index (χ0v) is 15.9. The summed E-state index contributed by atoms with van der Waals surface area (Å²) in [5, 5.41) is 1.16. The molecule has 142 valence electrons. The van der Waals surface area contributed by atoms with Crippen molar-refractivity contribution in [2.24, 2.45) is 0 Å². The average molecular weight is 373 g/mol. The lowest BCUT2D eigenvalue weighted by Crippen LogP contribution is -2.62. The van der Waals surface area contributed by atoms with E-state index in [4.69, 9.17) is 0 Å². The largest absolute Gasteiger partial charge is 0.356 e. The molecule has 1 N–H and O–H groups in total. The Morgan fingerprint density at radius 3 is 2.61 bits per heavy atom. The molecule has 1 saturated heterocycles. The lowest BCUT2D eigenvalue weighted by molar-refractivity contribution is -0.159. The molecule has 2 aromatic carbocycles. The minimum absolute atomic E-state index is 0.0365. The number of hydrogen-bond donors (Lipinski definition) is 1. The van der Waals surface area contributed by atoms with Gasteiger partial charge in [0.15, 0.2) is 0 Å². The Balaban J connectivity index is 1.44. The van der Waals surface area contributed by atoms with Crippen LogP contribution in [0.1, 0.15) is 29.8 Å². The predicted octanol–water partition coefficient (Wildman–Crippen LogP) is 3.07. The maximum Gasteiger partial charge on any atom is 0.246 e. The molecule has 1 unspecified atom stereocenters. The lowest BCUT2D eigenvalue weighted by Gasteiger charge is -2.46. The Bertz CT molecular complexity index is 1060. The fourth-order valence-corrected chi connectivity index (χ4v) is 4.73. The Hall–Kier alpha value is -3.08. The van der Waals surface area contributed by atoms with Crippen LogP contribution in [0.4, 0.5) is 0 Å². The Labute approximate surface area is 163 Å². The molecular formula is C23H23N3O2. The summed E-state index contributed by atoms with van der Waals surface area (Å²) in [5.41, 5.74) is 4.49. The van der Waals surface area contributed by atoms with E-state index in [2.05, 4.69) is 29.2 Å². The minimum atomic E-state index is -0.404. The van der Waals surface area contributed by atoms with Gasteiger partial charge in [0.25, 0.3) is 0 Å². The third-order valence-corrected chi connectivity index (χ3v) is 6.14. The van der Waals surface area contributed by atoms with Gasteiger partial charge in [-0.05, 0) is 30.5 Å². The van der Waals surface area contributed by atoms with E-state index in [0.29, 0.717) is 13.0 Å². The summed E-state index contributed by atoms with van der Waals surface area (Å²) in [4.78, 5) is 33.2.